The fraction of sp³-hybridized carbons (Fsp3) is 0.143. The van der Waals surface area contributed by atoms with Gasteiger partial charge in [0.25, 0.3) is 0 Å². The number of carbonyl (C=O) groups is 1. The molecule has 0 aliphatic heterocycles. The van der Waals surface area contributed by atoms with Gasteiger partial charge in [-0.25, -0.2) is 5.43 Å². The van der Waals surface area contributed by atoms with E-state index in [1.807, 2.05) is 68.4 Å². The van der Waals surface area contributed by atoms with Crippen LogP contribution < -0.4 is 5.43 Å². The van der Waals surface area contributed by atoms with Gasteiger partial charge in [0.15, 0.2) is 0 Å². The lowest BCUT2D eigenvalue weighted by Gasteiger charge is -2.06. The minimum absolute atomic E-state index is 0.167. The first-order valence-corrected chi connectivity index (χ1v) is 8.13. The molecule has 3 aromatic carbocycles. The molecule has 0 atom stereocenters. The van der Waals surface area contributed by atoms with Crippen LogP contribution in [0.2, 0.25) is 0 Å². The molecule has 126 valence electrons. The van der Waals surface area contributed by atoms with Crippen LogP contribution in [0.4, 0.5) is 0 Å². The number of hydrazone groups is 1. The molecule has 0 heterocycles. The second-order valence-corrected chi connectivity index (χ2v) is 6.11. The Morgan fingerprint density at radius 3 is 2.52 bits per heavy atom. The molecule has 0 bridgehead atoms. The third-order valence-electron chi connectivity index (χ3n) is 4.15. The van der Waals surface area contributed by atoms with E-state index in [-0.39, 0.29) is 18.1 Å². The highest BCUT2D eigenvalue weighted by Crippen LogP contribution is 2.22. The summed E-state index contributed by atoms with van der Waals surface area (Å²) in [5.41, 5.74) is 5.93. The Bertz CT molecular complexity index is 933. The molecule has 0 saturated heterocycles. The number of benzene rings is 3. The molecular weight excluding hydrogens is 312 g/mol. The van der Waals surface area contributed by atoms with Gasteiger partial charge in [-0.05, 0) is 59.0 Å². The van der Waals surface area contributed by atoms with Crippen LogP contribution in [-0.4, -0.2) is 17.2 Å². The molecule has 1 amide bonds. The minimum Gasteiger partial charge on any atom is -0.507 e. The third-order valence-corrected chi connectivity index (χ3v) is 4.15. The number of nitrogens with one attached hydrogen (secondary N) is 1. The van der Waals surface area contributed by atoms with Crippen molar-refractivity contribution in [3.05, 3.63) is 76.9 Å². The lowest BCUT2D eigenvalue weighted by Crippen LogP contribution is -2.19. The van der Waals surface area contributed by atoms with E-state index in [0.29, 0.717) is 0 Å². The highest BCUT2D eigenvalue weighted by Gasteiger charge is 2.06. The molecule has 0 aliphatic carbocycles. The monoisotopic (exact) mass is 332 g/mol. The maximum atomic E-state index is 12.2. The van der Waals surface area contributed by atoms with Crippen molar-refractivity contribution in [1.29, 1.82) is 0 Å². The summed E-state index contributed by atoms with van der Waals surface area (Å²) in [4.78, 5) is 12.2. The van der Waals surface area contributed by atoms with Crippen LogP contribution in [0.1, 0.15) is 22.3 Å². The van der Waals surface area contributed by atoms with Crippen molar-refractivity contribution in [1.82, 2.24) is 5.43 Å². The first kappa shape index (κ1) is 16.7. The highest BCUT2D eigenvalue weighted by molar-refractivity contribution is 5.90. The zero-order valence-electron chi connectivity index (χ0n) is 14.3. The third kappa shape index (κ3) is 3.86. The predicted molar refractivity (Wildman–Crippen MR) is 101 cm³/mol. The zero-order valence-corrected chi connectivity index (χ0v) is 14.3. The first-order valence-electron chi connectivity index (χ1n) is 8.13. The van der Waals surface area contributed by atoms with Crippen LogP contribution in [0, 0.1) is 13.8 Å². The van der Waals surface area contributed by atoms with Gasteiger partial charge < -0.3 is 5.11 Å². The van der Waals surface area contributed by atoms with Crippen LogP contribution in [-0.2, 0) is 11.2 Å². The number of fused-ring (bicyclic) bond motifs is 1. The number of aryl methyl sites for hydroxylation is 2. The molecule has 3 aromatic rings. The van der Waals surface area contributed by atoms with Gasteiger partial charge in [-0.15, -0.1) is 0 Å². The van der Waals surface area contributed by atoms with Crippen molar-refractivity contribution in [3.8, 4) is 5.75 Å². The average molecular weight is 332 g/mol. The van der Waals surface area contributed by atoms with Gasteiger partial charge in [0.2, 0.25) is 5.91 Å². The largest absolute Gasteiger partial charge is 0.507 e. The lowest BCUT2D eigenvalue weighted by atomic mass is 10.0. The van der Waals surface area contributed by atoms with E-state index >= 15 is 0 Å². The number of nitrogens with zero attached hydrogens (tertiary/aromatic N) is 1. The number of rotatable bonds is 4. The Labute approximate surface area is 146 Å². The highest BCUT2D eigenvalue weighted by atomic mass is 16.3. The van der Waals surface area contributed by atoms with Gasteiger partial charge in [0.05, 0.1) is 12.6 Å². The van der Waals surface area contributed by atoms with Crippen LogP contribution >= 0.6 is 0 Å². The Morgan fingerprint density at radius 1 is 1.08 bits per heavy atom. The van der Waals surface area contributed by atoms with E-state index in [0.717, 1.165) is 33.0 Å². The van der Waals surface area contributed by atoms with Crippen molar-refractivity contribution < 1.29 is 9.90 Å². The van der Waals surface area contributed by atoms with Crippen LogP contribution in [0.3, 0.4) is 0 Å². The zero-order chi connectivity index (χ0) is 17.8. The molecule has 25 heavy (non-hydrogen) atoms. The van der Waals surface area contributed by atoms with E-state index in [2.05, 4.69) is 10.5 Å². The molecule has 0 aliphatic rings. The van der Waals surface area contributed by atoms with E-state index in [1.54, 1.807) is 6.21 Å². The molecule has 4 heteroatoms. The van der Waals surface area contributed by atoms with E-state index in [1.165, 1.54) is 0 Å². The summed E-state index contributed by atoms with van der Waals surface area (Å²) in [7, 11) is 0. The summed E-state index contributed by atoms with van der Waals surface area (Å²) >= 11 is 0. The quantitative estimate of drug-likeness (QED) is 0.563. The summed E-state index contributed by atoms with van der Waals surface area (Å²) in [5.74, 6) is 0.122. The second kappa shape index (κ2) is 7.18. The predicted octanol–water partition coefficient (Wildman–Crippen LogP) is 3.86. The molecule has 3 rings (SSSR count). The van der Waals surface area contributed by atoms with E-state index in [9.17, 15) is 9.90 Å². The van der Waals surface area contributed by atoms with Crippen molar-refractivity contribution >= 4 is 22.9 Å². The number of phenolic OH excluding ortho intramolecular Hbond substituents is 1. The molecule has 2 N–H and O–H groups in total. The smallest absolute Gasteiger partial charge is 0.244 e. The van der Waals surface area contributed by atoms with Crippen molar-refractivity contribution in [3.63, 3.8) is 0 Å². The van der Waals surface area contributed by atoms with Crippen LogP contribution in [0.15, 0.2) is 59.7 Å². The maximum Gasteiger partial charge on any atom is 0.244 e. The van der Waals surface area contributed by atoms with Gasteiger partial charge in [-0.3, -0.25) is 4.79 Å². The fourth-order valence-corrected chi connectivity index (χ4v) is 2.90. The number of aromatic hydroxyl groups is 1. The van der Waals surface area contributed by atoms with Crippen LogP contribution in [0.25, 0.3) is 10.8 Å². The Balaban J connectivity index is 1.69. The number of hydrogen-bond acceptors (Lipinski definition) is 3. The van der Waals surface area contributed by atoms with Crippen LogP contribution in [0.5, 0.6) is 5.75 Å². The molecule has 0 spiro atoms. The fourth-order valence-electron chi connectivity index (χ4n) is 2.90. The molecule has 0 aromatic heterocycles. The van der Waals surface area contributed by atoms with Gasteiger partial charge in [-0.2, -0.15) is 5.10 Å². The van der Waals surface area contributed by atoms with Gasteiger partial charge in [-0.1, -0.05) is 42.5 Å². The van der Waals surface area contributed by atoms with Crippen molar-refractivity contribution in [2.45, 2.75) is 20.3 Å². The molecular formula is C21H20N2O2. The average Bonchev–Trinajstić information content (AvgIpc) is 2.60. The van der Waals surface area contributed by atoms with Gasteiger partial charge in [0.1, 0.15) is 5.75 Å². The Kier molecular flexibility index (Phi) is 4.80. The second-order valence-electron chi connectivity index (χ2n) is 6.11. The summed E-state index contributed by atoms with van der Waals surface area (Å²) < 4.78 is 0. The van der Waals surface area contributed by atoms with E-state index in [4.69, 9.17) is 0 Å². The molecule has 0 radical (unpaired) electrons. The normalized spacial score (nSPS) is 11.1. The number of hydrogen-bond donors (Lipinski definition) is 2. The number of amides is 1. The van der Waals surface area contributed by atoms with Gasteiger partial charge in [0, 0.05) is 0 Å². The lowest BCUT2D eigenvalue weighted by molar-refractivity contribution is -0.120. The molecule has 0 fully saturated rings. The minimum atomic E-state index is -0.167. The summed E-state index contributed by atoms with van der Waals surface area (Å²) in [6, 6.07) is 17.6. The van der Waals surface area contributed by atoms with Crippen molar-refractivity contribution in [2.24, 2.45) is 5.10 Å². The molecule has 0 unspecified atom stereocenters. The number of carbonyl (C=O) groups excluding carboxylic acids is 1. The maximum absolute atomic E-state index is 12.2. The first-order chi connectivity index (χ1) is 12.0. The summed E-state index contributed by atoms with van der Waals surface area (Å²) in [6.45, 7) is 3.66. The topological polar surface area (TPSA) is 61.7 Å². The number of phenols is 1. The Hall–Kier alpha value is -3.14. The molecule has 4 nitrogen and oxygen atoms in total. The SMILES string of the molecule is Cc1cc(C=NNC(=O)Cc2cccc3ccccc23)cc(C)c1O. The van der Waals surface area contributed by atoms with Gasteiger partial charge >= 0.3 is 0 Å². The van der Waals surface area contributed by atoms with E-state index < -0.39 is 0 Å². The molecule has 0 saturated carbocycles. The Morgan fingerprint density at radius 2 is 1.76 bits per heavy atom. The van der Waals surface area contributed by atoms with Crippen molar-refractivity contribution in [2.75, 3.05) is 0 Å². The standard InChI is InChI=1S/C21H20N2O2/c1-14-10-16(11-15(2)21(14)25)13-22-23-20(24)12-18-8-5-7-17-6-3-4-9-19(17)18/h3-11,13,25H,12H2,1-2H3,(H,23,24). The summed E-state index contributed by atoms with van der Waals surface area (Å²) in [5, 5.41) is 16.0. The summed E-state index contributed by atoms with van der Waals surface area (Å²) in [6.07, 6.45) is 1.85.